The van der Waals surface area contributed by atoms with E-state index in [1.165, 1.54) is 18.2 Å². The number of ether oxygens (including phenoxy) is 2. The van der Waals surface area contributed by atoms with Gasteiger partial charge in [-0.25, -0.2) is 14.4 Å². The molecule has 3 amide bonds. The Morgan fingerprint density at radius 1 is 1.14 bits per heavy atom. The highest BCUT2D eigenvalue weighted by Gasteiger charge is 2.65. The van der Waals surface area contributed by atoms with Gasteiger partial charge in [0.25, 0.3) is 11.5 Å². The molecule has 2 heterocycles. The lowest BCUT2D eigenvalue weighted by Crippen LogP contribution is -2.70. The first-order valence-electron chi connectivity index (χ1n) is 10.6. The van der Waals surface area contributed by atoms with Gasteiger partial charge in [0.15, 0.2) is 18.2 Å². The summed E-state index contributed by atoms with van der Waals surface area (Å²) in [5.41, 5.74) is -1.84. The summed E-state index contributed by atoms with van der Waals surface area (Å²) in [6.45, 7) is 1.15. The normalized spacial score (nSPS) is 24.0. The quantitative estimate of drug-likeness (QED) is 0.320. The van der Waals surface area contributed by atoms with Gasteiger partial charge in [-0.05, 0) is 41.1 Å². The van der Waals surface area contributed by atoms with Crippen LogP contribution in [-0.4, -0.2) is 64.4 Å². The van der Waals surface area contributed by atoms with Crippen LogP contribution in [0, 0.1) is 0 Å². The second-order valence-corrected chi connectivity index (χ2v) is 8.98. The van der Waals surface area contributed by atoms with Gasteiger partial charge in [-0.3, -0.25) is 9.59 Å². The predicted octanol–water partition coefficient (Wildman–Crippen LogP) is 0.881. The number of amides is 3. The number of hydrogen-bond donors (Lipinski definition) is 5. The van der Waals surface area contributed by atoms with E-state index in [4.69, 9.17) is 9.47 Å². The van der Waals surface area contributed by atoms with Gasteiger partial charge in [0.05, 0.1) is 17.4 Å². The first kappa shape index (κ1) is 25.1. The van der Waals surface area contributed by atoms with Gasteiger partial charge < -0.3 is 35.6 Å². The fourth-order valence-electron chi connectivity index (χ4n) is 4.09. The van der Waals surface area contributed by atoms with Gasteiger partial charge in [-0.15, -0.1) is 0 Å². The second kappa shape index (κ2) is 9.59. The predicted molar refractivity (Wildman–Crippen MR) is 125 cm³/mol. The maximum Gasteiger partial charge on any atom is 0.409 e. The minimum Gasteiger partial charge on any atom is -0.480 e. The molecular weight excluding hydrogens is 542 g/mol. The number of carboxylic acid groups (broad SMARTS) is 1. The molecule has 0 radical (unpaired) electrons. The van der Waals surface area contributed by atoms with Crippen LogP contribution in [0.3, 0.4) is 0 Å². The maximum atomic E-state index is 13.3. The van der Waals surface area contributed by atoms with E-state index < -0.39 is 59.7 Å². The van der Waals surface area contributed by atoms with Crippen molar-refractivity contribution in [3.8, 4) is 0 Å². The van der Waals surface area contributed by atoms with Gasteiger partial charge in [-0.2, -0.15) is 0 Å². The van der Waals surface area contributed by atoms with E-state index in [9.17, 15) is 34.2 Å². The van der Waals surface area contributed by atoms with Crippen LogP contribution in [0.1, 0.15) is 22.8 Å². The van der Waals surface area contributed by atoms with Crippen LogP contribution < -0.4 is 16.0 Å². The van der Waals surface area contributed by atoms with Crippen molar-refractivity contribution >= 4 is 51.5 Å². The van der Waals surface area contributed by atoms with Gasteiger partial charge in [0.2, 0.25) is 5.91 Å². The number of fused-ring (bicyclic) bond motifs is 2. The third-order valence-corrected chi connectivity index (χ3v) is 6.45. The van der Waals surface area contributed by atoms with Crippen molar-refractivity contribution in [2.24, 2.45) is 0 Å². The van der Waals surface area contributed by atoms with Crippen molar-refractivity contribution in [3.05, 3.63) is 64.1 Å². The molecule has 13 heteroatoms. The number of halogens is 1. The van der Waals surface area contributed by atoms with Crippen molar-refractivity contribution < 1.29 is 43.7 Å². The highest BCUT2D eigenvalue weighted by molar-refractivity contribution is 9.10. The van der Waals surface area contributed by atoms with Crippen molar-refractivity contribution in [2.45, 2.75) is 36.8 Å². The summed E-state index contributed by atoms with van der Waals surface area (Å²) in [6.07, 6.45) is -4.47. The van der Waals surface area contributed by atoms with E-state index >= 15 is 0 Å². The van der Waals surface area contributed by atoms with E-state index in [1.807, 2.05) is 0 Å². The number of alkyl carbamates (subject to hydrolysis) is 1. The fourth-order valence-corrected chi connectivity index (χ4v) is 4.55. The lowest BCUT2D eigenvalue weighted by Gasteiger charge is -2.42. The molecule has 2 aliphatic rings. The number of rotatable bonds is 6. The molecule has 0 bridgehead atoms. The number of esters is 1. The van der Waals surface area contributed by atoms with Crippen molar-refractivity contribution in [1.82, 2.24) is 10.6 Å². The second-order valence-electron chi connectivity index (χ2n) is 8.12. The SMILES string of the molecule is C[C@H](O)[C@H](NC(=O)[C@H]1NC(=O)O[C@]2(C(=O)Nc3c(Br)cccc32)[C@@H]1OC(=O)c1ccccc1)C(=O)O. The molecule has 2 aromatic rings. The number of carbonyl (C=O) groups is 5. The molecule has 1 spiro atoms. The minimum absolute atomic E-state index is 0.0870. The topological polar surface area (TPSA) is 180 Å². The van der Waals surface area contributed by atoms with E-state index in [2.05, 4.69) is 31.9 Å². The van der Waals surface area contributed by atoms with Crippen molar-refractivity contribution in [3.63, 3.8) is 0 Å². The Bertz CT molecular complexity index is 1250. The van der Waals surface area contributed by atoms with Crippen LogP contribution >= 0.6 is 15.9 Å². The first-order valence-corrected chi connectivity index (χ1v) is 11.4. The zero-order valence-corrected chi connectivity index (χ0v) is 20.1. The Labute approximate surface area is 212 Å². The number of carbonyl (C=O) groups excluding carboxylic acids is 4. The van der Waals surface area contributed by atoms with Gasteiger partial charge in [0, 0.05) is 10.0 Å². The van der Waals surface area contributed by atoms with Crippen LogP contribution in [0.4, 0.5) is 10.5 Å². The maximum absolute atomic E-state index is 13.3. The number of para-hydroxylation sites is 1. The van der Waals surface area contributed by atoms with E-state index in [1.54, 1.807) is 30.3 Å². The average Bonchev–Trinajstić information content (AvgIpc) is 3.11. The number of hydrogen-bond acceptors (Lipinski definition) is 8. The van der Waals surface area contributed by atoms with E-state index in [-0.39, 0.29) is 16.8 Å². The molecule has 1 fully saturated rings. The standard InChI is InChI=1S/C23H20BrN3O9/c1-10(28)14(19(30)31)25-18(29)16-17(35-20(32)11-6-3-2-4-7-11)23(36-22(34)27-16)12-8-5-9-13(24)15(12)26-21(23)33/h2-10,14,16-17,28H,1H3,(H,25,29)(H,26,33)(H,27,34)(H,30,31)/t10-,14-,16-,17+,23-/m0/s1. The van der Waals surface area contributed by atoms with Gasteiger partial charge >= 0.3 is 18.0 Å². The number of aliphatic hydroxyl groups excluding tert-OH is 1. The Morgan fingerprint density at radius 3 is 2.47 bits per heavy atom. The van der Waals surface area contributed by atoms with Crippen molar-refractivity contribution in [2.75, 3.05) is 5.32 Å². The molecule has 36 heavy (non-hydrogen) atoms. The largest absolute Gasteiger partial charge is 0.480 e. The summed E-state index contributed by atoms with van der Waals surface area (Å²) < 4.78 is 11.5. The summed E-state index contributed by atoms with van der Waals surface area (Å²) in [5, 5.41) is 26.1. The number of aliphatic hydroxyl groups is 1. The monoisotopic (exact) mass is 561 g/mol. The van der Waals surface area contributed by atoms with Crippen LogP contribution in [0.25, 0.3) is 0 Å². The number of carboxylic acids is 1. The van der Waals surface area contributed by atoms with E-state index in [0.717, 1.165) is 6.92 Å². The van der Waals surface area contributed by atoms with Crippen LogP contribution in [0.15, 0.2) is 53.0 Å². The van der Waals surface area contributed by atoms with Crippen LogP contribution in [-0.2, 0) is 29.5 Å². The van der Waals surface area contributed by atoms with Crippen LogP contribution in [0.2, 0.25) is 0 Å². The third kappa shape index (κ3) is 4.27. The molecule has 2 aromatic carbocycles. The Kier molecular flexibility index (Phi) is 6.69. The zero-order valence-electron chi connectivity index (χ0n) is 18.6. The molecule has 5 N–H and O–H groups in total. The average molecular weight is 562 g/mol. The summed E-state index contributed by atoms with van der Waals surface area (Å²) in [4.78, 5) is 63.8. The Hall–Kier alpha value is -3.97. The van der Waals surface area contributed by atoms with E-state index in [0.29, 0.717) is 4.47 Å². The zero-order chi connectivity index (χ0) is 26.2. The summed E-state index contributed by atoms with van der Waals surface area (Å²) in [6, 6.07) is 8.82. The third-order valence-electron chi connectivity index (χ3n) is 5.79. The first-order chi connectivity index (χ1) is 17.1. The summed E-state index contributed by atoms with van der Waals surface area (Å²) in [7, 11) is 0. The molecule has 0 unspecified atom stereocenters. The van der Waals surface area contributed by atoms with Gasteiger partial charge in [0.1, 0.15) is 0 Å². The molecule has 1 saturated heterocycles. The Morgan fingerprint density at radius 2 is 1.83 bits per heavy atom. The molecular formula is C23H20BrN3O9. The molecule has 0 saturated carbocycles. The number of benzene rings is 2. The molecule has 188 valence electrons. The Balaban J connectivity index is 1.82. The van der Waals surface area contributed by atoms with Gasteiger partial charge in [-0.1, -0.05) is 30.3 Å². The fraction of sp³-hybridized carbons (Fsp3) is 0.261. The molecule has 0 aromatic heterocycles. The lowest BCUT2D eigenvalue weighted by atomic mass is 9.83. The summed E-state index contributed by atoms with van der Waals surface area (Å²) >= 11 is 3.31. The molecule has 2 aliphatic heterocycles. The smallest absolute Gasteiger partial charge is 0.409 e. The summed E-state index contributed by atoms with van der Waals surface area (Å²) in [5.74, 6) is -4.48. The molecule has 12 nitrogen and oxygen atoms in total. The van der Waals surface area contributed by atoms with Crippen LogP contribution in [0.5, 0.6) is 0 Å². The number of anilines is 1. The number of nitrogens with one attached hydrogen (secondary N) is 3. The molecule has 0 aliphatic carbocycles. The molecule has 5 atom stereocenters. The lowest BCUT2D eigenvalue weighted by molar-refractivity contribution is -0.164. The highest BCUT2D eigenvalue weighted by Crippen LogP contribution is 2.47. The molecule has 4 rings (SSSR count). The number of aliphatic carboxylic acids is 1. The highest BCUT2D eigenvalue weighted by atomic mass is 79.9. The minimum atomic E-state index is -2.28. The van der Waals surface area contributed by atoms with Crippen molar-refractivity contribution in [1.29, 1.82) is 0 Å².